The van der Waals surface area contributed by atoms with Crippen LogP contribution in [-0.4, -0.2) is 34.1 Å². The molecule has 0 radical (unpaired) electrons. The van der Waals surface area contributed by atoms with Crippen molar-refractivity contribution < 1.29 is 14.6 Å². The number of ether oxygens (including phenoxy) is 2. The summed E-state index contributed by atoms with van der Waals surface area (Å²) in [4.78, 5) is 0. The average Bonchev–Trinajstić information content (AvgIpc) is 2.30. The van der Waals surface area contributed by atoms with E-state index >= 15 is 0 Å². The van der Waals surface area contributed by atoms with E-state index in [4.69, 9.17) is 9.47 Å². The van der Waals surface area contributed by atoms with Gasteiger partial charge in [0.05, 0.1) is 18.8 Å². The summed E-state index contributed by atoms with van der Waals surface area (Å²) in [5, 5.41) is 9.54. The van der Waals surface area contributed by atoms with Crippen LogP contribution in [0.2, 0.25) is 0 Å². The molecule has 78 valence electrons. The van der Waals surface area contributed by atoms with Gasteiger partial charge < -0.3 is 14.6 Å². The molecule has 0 aromatic carbocycles. The van der Waals surface area contributed by atoms with Gasteiger partial charge >= 0.3 is 0 Å². The van der Waals surface area contributed by atoms with Crippen LogP contribution in [0.1, 0.15) is 26.7 Å². The van der Waals surface area contributed by atoms with E-state index in [9.17, 15) is 5.11 Å². The Balaban J connectivity index is 2.24. The van der Waals surface area contributed by atoms with Gasteiger partial charge in [-0.05, 0) is 20.3 Å². The van der Waals surface area contributed by atoms with Crippen LogP contribution in [0.15, 0.2) is 0 Å². The van der Waals surface area contributed by atoms with Crippen LogP contribution in [-0.2, 0) is 9.47 Å². The van der Waals surface area contributed by atoms with E-state index in [1.807, 2.05) is 13.8 Å². The first kappa shape index (κ1) is 11.7. The Labute approximate surface area is 92.9 Å². The molecule has 0 aromatic rings. The van der Waals surface area contributed by atoms with Crippen LogP contribution in [0.5, 0.6) is 0 Å². The van der Waals surface area contributed by atoms with Crippen LogP contribution >= 0.6 is 22.6 Å². The van der Waals surface area contributed by atoms with E-state index in [1.54, 1.807) is 0 Å². The molecular formula is C9H17IO3. The van der Waals surface area contributed by atoms with Gasteiger partial charge in [-0.2, -0.15) is 0 Å². The smallest absolute Gasteiger partial charge is 0.163 e. The number of hydrogen-bond acceptors (Lipinski definition) is 3. The summed E-state index contributed by atoms with van der Waals surface area (Å²) >= 11 is 2.26. The van der Waals surface area contributed by atoms with E-state index in [0.717, 1.165) is 10.8 Å². The molecule has 1 N–H and O–H groups in total. The molecule has 0 unspecified atom stereocenters. The fourth-order valence-electron chi connectivity index (χ4n) is 1.43. The molecule has 0 bridgehead atoms. The van der Waals surface area contributed by atoms with Crippen molar-refractivity contribution in [2.45, 2.75) is 44.7 Å². The van der Waals surface area contributed by atoms with Crippen LogP contribution in [0.25, 0.3) is 0 Å². The molecule has 3 nitrogen and oxygen atoms in total. The second-order valence-corrected chi connectivity index (χ2v) is 4.90. The summed E-state index contributed by atoms with van der Waals surface area (Å²) in [7, 11) is 0. The molecule has 0 aromatic heterocycles. The van der Waals surface area contributed by atoms with Crippen molar-refractivity contribution in [3.8, 4) is 0 Å². The zero-order valence-corrected chi connectivity index (χ0v) is 10.3. The quantitative estimate of drug-likeness (QED) is 0.634. The van der Waals surface area contributed by atoms with Crippen LogP contribution in [0.3, 0.4) is 0 Å². The van der Waals surface area contributed by atoms with Crippen molar-refractivity contribution in [3.63, 3.8) is 0 Å². The summed E-state index contributed by atoms with van der Waals surface area (Å²) in [6.07, 6.45) is 1.33. The van der Waals surface area contributed by atoms with Gasteiger partial charge in [0, 0.05) is 10.8 Å². The molecule has 1 rings (SSSR count). The minimum absolute atomic E-state index is 0.0629. The fraction of sp³-hybridized carbons (Fsp3) is 1.00. The summed E-state index contributed by atoms with van der Waals surface area (Å²) in [5.74, 6) is -0.464. The lowest BCUT2D eigenvalue weighted by Gasteiger charge is -2.18. The highest BCUT2D eigenvalue weighted by molar-refractivity contribution is 14.1. The Bertz CT molecular complexity index is 161. The first-order chi connectivity index (χ1) is 6.03. The second kappa shape index (κ2) is 4.91. The molecule has 13 heavy (non-hydrogen) atoms. The Hall–Kier alpha value is 0.610. The summed E-state index contributed by atoms with van der Waals surface area (Å²) < 4.78 is 12.0. The molecular weight excluding hydrogens is 283 g/mol. The number of aliphatic hydroxyl groups excluding tert-OH is 1. The summed E-state index contributed by atoms with van der Waals surface area (Å²) in [6.45, 7) is 4.40. The number of halogens is 1. The molecule has 4 heteroatoms. The maximum absolute atomic E-state index is 9.54. The van der Waals surface area contributed by atoms with Crippen molar-refractivity contribution in [2.24, 2.45) is 0 Å². The maximum atomic E-state index is 9.54. The first-order valence-electron chi connectivity index (χ1n) is 4.59. The van der Waals surface area contributed by atoms with Crippen LogP contribution in [0, 0.1) is 0 Å². The van der Waals surface area contributed by atoms with E-state index in [-0.39, 0.29) is 12.2 Å². The van der Waals surface area contributed by atoms with Gasteiger partial charge in [-0.1, -0.05) is 22.6 Å². The highest BCUT2D eigenvalue weighted by Gasteiger charge is 2.33. The van der Waals surface area contributed by atoms with E-state index < -0.39 is 5.79 Å². The van der Waals surface area contributed by atoms with Gasteiger partial charge in [-0.25, -0.2) is 0 Å². The Morgan fingerprint density at radius 1 is 1.62 bits per heavy atom. The fourth-order valence-corrected chi connectivity index (χ4v) is 2.15. The predicted molar refractivity (Wildman–Crippen MR) is 59.0 cm³/mol. The monoisotopic (exact) mass is 300 g/mol. The zero-order valence-electron chi connectivity index (χ0n) is 8.12. The van der Waals surface area contributed by atoms with Gasteiger partial charge in [0.2, 0.25) is 0 Å². The molecule has 1 heterocycles. The van der Waals surface area contributed by atoms with Gasteiger partial charge in [-0.3, -0.25) is 0 Å². The highest BCUT2D eigenvalue weighted by atomic mass is 127. The third kappa shape index (κ3) is 4.10. The molecule has 1 saturated heterocycles. The van der Waals surface area contributed by atoms with E-state index in [1.165, 1.54) is 0 Å². The number of rotatable bonds is 4. The standard InChI is InChI=1S/C9H17IO3/c1-9(2)12-6-8(13-9)5-7(11)3-4-10/h7-8,11H,3-6H2,1-2H3/t7-,8+/m0/s1. The molecule has 0 spiro atoms. The molecule has 1 fully saturated rings. The Morgan fingerprint density at radius 3 is 2.77 bits per heavy atom. The minimum Gasteiger partial charge on any atom is -0.393 e. The second-order valence-electron chi connectivity index (χ2n) is 3.82. The Kier molecular flexibility index (Phi) is 4.41. The van der Waals surface area contributed by atoms with Gasteiger partial charge in [-0.15, -0.1) is 0 Å². The summed E-state index contributed by atoms with van der Waals surface area (Å²) in [6, 6.07) is 0. The molecule has 0 saturated carbocycles. The van der Waals surface area contributed by atoms with Crippen molar-refractivity contribution in [2.75, 3.05) is 11.0 Å². The summed E-state index contributed by atoms with van der Waals surface area (Å²) in [5.41, 5.74) is 0. The lowest BCUT2D eigenvalue weighted by Crippen LogP contribution is -2.24. The largest absolute Gasteiger partial charge is 0.393 e. The molecule has 0 amide bonds. The molecule has 2 atom stereocenters. The predicted octanol–water partition coefficient (Wildman–Crippen LogP) is 1.71. The van der Waals surface area contributed by atoms with E-state index in [0.29, 0.717) is 13.0 Å². The normalized spacial score (nSPS) is 29.1. The van der Waals surface area contributed by atoms with Gasteiger partial charge in [0.1, 0.15) is 0 Å². The van der Waals surface area contributed by atoms with Crippen LogP contribution in [0.4, 0.5) is 0 Å². The van der Waals surface area contributed by atoms with Crippen LogP contribution < -0.4 is 0 Å². The number of hydrogen-bond donors (Lipinski definition) is 1. The molecule has 0 aliphatic carbocycles. The minimum atomic E-state index is -0.464. The lowest BCUT2D eigenvalue weighted by atomic mass is 10.1. The number of aliphatic hydroxyl groups is 1. The average molecular weight is 300 g/mol. The van der Waals surface area contributed by atoms with Crippen molar-refractivity contribution in [3.05, 3.63) is 0 Å². The topological polar surface area (TPSA) is 38.7 Å². The van der Waals surface area contributed by atoms with E-state index in [2.05, 4.69) is 22.6 Å². The van der Waals surface area contributed by atoms with Crippen molar-refractivity contribution >= 4 is 22.6 Å². The van der Waals surface area contributed by atoms with Crippen molar-refractivity contribution in [1.29, 1.82) is 0 Å². The van der Waals surface area contributed by atoms with Crippen molar-refractivity contribution in [1.82, 2.24) is 0 Å². The first-order valence-corrected chi connectivity index (χ1v) is 6.12. The maximum Gasteiger partial charge on any atom is 0.163 e. The Morgan fingerprint density at radius 2 is 2.31 bits per heavy atom. The third-order valence-electron chi connectivity index (χ3n) is 2.04. The lowest BCUT2D eigenvalue weighted by molar-refractivity contribution is -0.141. The molecule has 1 aliphatic rings. The van der Waals surface area contributed by atoms with Gasteiger partial charge in [0.15, 0.2) is 5.79 Å². The third-order valence-corrected chi connectivity index (χ3v) is 2.67. The zero-order chi connectivity index (χ0) is 9.90. The molecule has 1 aliphatic heterocycles. The SMILES string of the molecule is CC1(C)OC[C@@H](C[C@@H](O)CCI)O1. The number of alkyl halides is 1. The highest BCUT2D eigenvalue weighted by Crippen LogP contribution is 2.25. The van der Waals surface area contributed by atoms with Gasteiger partial charge in [0.25, 0.3) is 0 Å².